The SMILES string of the molecule is CC(=O)N1CCN(CCOc2ccc(-n3ccn(-c4ccc(OC5CCCC5)cc4)c3=O)cc2)CC1. The summed E-state index contributed by atoms with van der Waals surface area (Å²) in [7, 11) is 0. The van der Waals surface area contributed by atoms with E-state index in [-0.39, 0.29) is 11.6 Å². The zero-order valence-electron chi connectivity index (χ0n) is 20.8. The van der Waals surface area contributed by atoms with Crippen LogP contribution in [0.5, 0.6) is 11.5 Å². The Morgan fingerprint density at radius 2 is 1.39 bits per heavy atom. The van der Waals surface area contributed by atoms with Gasteiger partial charge < -0.3 is 14.4 Å². The molecule has 3 aromatic rings. The van der Waals surface area contributed by atoms with Crippen molar-refractivity contribution in [1.82, 2.24) is 18.9 Å². The van der Waals surface area contributed by atoms with Gasteiger partial charge in [-0.2, -0.15) is 0 Å². The fourth-order valence-electron chi connectivity index (χ4n) is 4.94. The number of hydrogen-bond acceptors (Lipinski definition) is 5. The monoisotopic (exact) mass is 490 g/mol. The first-order valence-corrected chi connectivity index (χ1v) is 12.8. The number of amides is 1. The Balaban J connectivity index is 1.15. The molecule has 36 heavy (non-hydrogen) atoms. The number of imidazole rings is 1. The Hall–Kier alpha value is -3.52. The summed E-state index contributed by atoms with van der Waals surface area (Å²) in [6, 6.07) is 15.3. The van der Waals surface area contributed by atoms with Crippen LogP contribution in [0.25, 0.3) is 11.4 Å². The molecule has 190 valence electrons. The molecule has 8 heteroatoms. The van der Waals surface area contributed by atoms with Gasteiger partial charge in [-0.15, -0.1) is 0 Å². The highest BCUT2D eigenvalue weighted by Gasteiger charge is 2.18. The van der Waals surface area contributed by atoms with E-state index in [2.05, 4.69) is 4.90 Å². The van der Waals surface area contributed by atoms with Crippen molar-refractivity contribution in [3.05, 3.63) is 71.4 Å². The van der Waals surface area contributed by atoms with Crippen molar-refractivity contribution in [2.45, 2.75) is 38.7 Å². The fraction of sp³-hybridized carbons (Fsp3) is 0.429. The van der Waals surface area contributed by atoms with Gasteiger partial charge in [0.2, 0.25) is 5.91 Å². The summed E-state index contributed by atoms with van der Waals surface area (Å²) >= 11 is 0. The molecular formula is C28H34N4O4. The van der Waals surface area contributed by atoms with Crippen LogP contribution in [0, 0.1) is 0 Å². The van der Waals surface area contributed by atoms with Crippen LogP contribution in [0.4, 0.5) is 0 Å². The van der Waals surface area contributed by atoms with E-state index in [1.807, 2.05) is 53.4 Å². The van der Waals surface area contributed by atoms with Crippen LogP contribution < -0.4 is 15.2 Å². The van der Waals surface area contributed by atoms with E-state index in [0.717, 1.165) is 68.4 Å². The molecule has 0 unspecified atom stereocenters. The molecule has 1 aromatic heterocycles. The summed E-state index contributed by atoms with van der Waals surface area (Å²) in [5, 5.41) is 0. The fourth-order valence-corrected chi connectivity index (χ4v) is 4.94. The standard InChI is InChI=1S/C28H34N4O4/c1-22(33)30-16-14-29(15-17-30)20-21-35-25-10-6-23(7-11-25)31-18-19-32(28(31)34)24-8-12-27(13-9-24)36-26-4-2-3-5-26/h6-13,18-19,26H,2-5,14-17,20-21H2,1H3. The Morgan fingerprint density at radius 3 is 1.94 bits per heavy atom. The number of aromatic nitrogens is 2. The van der Waals surface area contributed by atoms with Crippen LogP contribution in [0.15, 0.2) is 65.7 Å². The summed E-state index contributed by atoms with van der Waals surface area (Å²) in [4.78, 5) is 28.7. The van der Waals surface area contributed by atoms with Gasteiger partial charge in [0.25, 0.3) is 0 Å². The number of nitrogens with zero attached hydrogens (tertiary/aromatic N) is 4. The Kier molecular flexibility index (Phi) is 7.41. The molecule has 1 aliphatic carbocycles. The number of rotatable bonds is 8. The highest BCUT2D eigenvalue weighted by atomic mass is 16.5. The van der Waals surface area contributed by atoms with Crippen molar-refractivity contribution in [2.24, 2.45) is 0 Å². The lowest BCUT2D eigenvalue weighted by Crippen LogP contribution is -2.48. The van der Waals surface area contributed by atoms with Gasteiger partial charge in [0.15, 0.2) is 0 Å². The first kappa shape index (κ1) is 24.2. The van der Waals surface area contributed by atoms with Gasteiger partial charge in [-0.1, -0.05) is 0 Å². The molecule has 5 rings (SSSR count). The summed E-state index contributed by atoms with van der Waals surface area (Å²) < 4.78 is 15.2. The lowest BCUT2D eigenvalue weighted by molar-refractivity contribution is -0.130. The molecule has 1 saturated heterocycles. The molecular weight excluding hydrogens is 456 g/mol. The molecule has 0 bridgehead atoms. The molecule has 8 nitrogen and oxygen atoms in total. The van der Waals surface area contributed by atoms with E-state index in [9.17, 15) is 9.59 Å². The zero-order chi connectivity index (χ0) is 24.9. The molecule has 0 atom stereocenters. The number of carbonyl (C=O) groups is 1. The number of piperazine rings is 1. The Labute approximate surface area is 211 Å². The molecule has 2 heterocycles. The Bertz CT molecular complexity index is 1200. The third-order valence-corrected chi connectivity index (χ3v) is 7.11. The van der Waals surface area contributed by atoms with Crippen molar-refractivity contribution in [1.29, 1.82) is 0 Å². The summed E-state index contributed by atoms with van der Waals surface area (Å²) in [6.45, 7) is 6.32. The summed E-state index contributed by atoms with van der Waals surface area (Å²) in [5.41, 5.74) is 1.46. The van der Waals surface area contributed by atoms with E-state index in [1.54, 1.807) is 28.5 Å². The highest BCUT2D eigenvalue weighted by Crippen LogP contribution is 2.24. The van der Waals surface area contributed by atoms with Crippen LogP contribution in [0.3, 0.4) is 0 Å². The van der Waals surface area contributed by atoms with Crippen molar-refractivity contribution in [3.63, 3.8) is 0 Å². The normalized spacial score (nSPS) is 16.9. The molecule has 1 aliphatic heterocycles. The van der Waals surface area contributed by atoms with E-state index in [1.165, 1.54) is 12.8 Å². The second kappa shape index (κ2) is 11.0. The van der Waals surface area contributed by atoms with Gasteiger partial charge in [0, 0.05) is 52.0 Å². The smallest absolute Gasteiger partial charge is 0.337 e. The minimum atomic E-state index is -0.127. The Morgan fingerprint density at radius 1 is 0.833 bits per heavy atom. The molecule has 0 radical (unpaired) electrons. The number of benzene rings is 2. The number of hydrogen-bond donors (Lipinski definition) is 0. The van der Waals surface area contributed by atoms with Gasteiger partial charge >= 0.3 is 5.69 Å². The number of ether oxygens (including phenoxy) is 2. The largest absolute Gasteiger partial charge is 0.492 e. The predicted molar refractivity (Wildman–Crippen MR) is 138 cm³/mol. The van der Waals surface area contributed by atoms with E-state index in [0.29, 0.717) is 12.7 Å². The maximum atomic E-state index is 13.1. The van der Waals surface area contributed by atoms with Crippen molar-refractivity contribution in [3.8, 4) is 22.9 Å². The second-order valence-corrected chi connectivity index (χ2v) is 9.53. The number of carbonyl (C=O) groups excluding carboxylic acids is 1. The third kappa shape index (κ3) is 5.65. The van der Waals surface area contributed by atoms with E-state index >= 15 is 0 Å². The van der Waals surface area contributed by atoms with Gasteiger partial charge in [0.1, 0.15) is 18.1 Å². The zero-order valence-corrected chi connectivity index (χ0v) is 20.8. The topological polar surface area (TPSA) is 68.9 Å². The molecule has 2 aliphatic rings. The molecule has 2 fully saturated rings. The van der Waals surface area contributed by atoms with Crippen molar-refractivity contribution >= 4 is 5.91 Å². The maximum Gasteiger partial charge on any atom is 0.337 e. The minimum Gasteiger partial charge on any atom is -0.492 e. The predicted octanol–water partition coefficient (Wildman–Crippen LogP) is 3.49. The van der Waals surface area contributed by atoms with Crippen LogP contribution in [0.1, 0.15) is 32.6 Å². The molecule has 1 saturated carbocycles. The second-order valence-electron chi connectivity index (χ2n) is 9.53. The van der Waals surface area contributed by atoms with Crippen LogP contribution in [0.2, 0.25) is 0 Å². The van der Waals surface area contributed by atoms with Gasteiger partial charge in [0.05, 0.1) is 17.5 Å². The summed E-state index contributed by atoms with van der Waals surface area (Å²) in [5.74, 6) is 1.76. The molecule has 2 aromatic carbocycles. The first-order valence-electron chi connectivity index (χ1n) is 12.8. The minimum absolute atomic E-state index is 0.127. The van der Waals surface area contributed by atoms with Gasteiger partial charge in [-0.3, -0.25) is 18.8 Å². The molecule has 0 N–H and O–H groups in total. The van der Waals surface area contributed by atoms with Crippen molar-refractivity contribution < 1.29 is 14.3 Å². The average Bonchev–Trinajstić information content (AvgIpc) is 3.55. The van der Waals surface area contributed by atoms with Crippen LogP contribution in [-0.2, 0) is 4.79 Å². The lowest BCUT2D eigenvalue weighted by atomic mass is 10.2. The molecule has 1 amide bonds. The van der Waals surface area contributed by atoms with Crippen molar-refractivity contribution in [2.75, 3.05) is 39.3 Å². The van der Waals surface area contributed by atoms with Gasteiger partial charge in [-0.25, -0.2) is 4.79 Å². The van der Waals surface area contributed by atoms with Crippen LogP contribution in [-0.4, -0.2) is 70.3 Å². The summed E-state index contributed by atoms with van der Waals surface area (Å²) in [6.07, 6.45) is 8.59. The van der Waals surface area contributed by atoms with E-state index in [4.69, 9.17) is 9.47 Å². The quantitative estimate of drug-likeness (QED) is 0.484. The third-order valence-electron chi connectivity index (χ3n) is 7.11. The van der Waals surface area contributed by atoms with Gasteiger partial charge in [-0.05, 0) is 74.2 Å². The van der Waals surface area contributed by atoms with Crippen LogP contribution >= 0.6 is 0 Å². The van der Waals surface area contributed by atoms with E-state index < -0.39 is 0 Å². The first-order chi connectivity index (χ1) is 17.6. The lowest BCUT2D eigenvalue weighted by Gasteiger charge is -2.34. The average molecular weight is 491 g/mol. The maximum absolute atomic E-state index is 13.1. The highest BCUT2D eigenvalue weighted by molar-refractivity contribution is 5.73. The molecule has 0 spiro atoms.